The van der Waals surface area contributed by atoms with Crippen LogP contribution in [0.2, 0.25) is 0 Å². The fraction of sp³-hybridized carbons (Fsp3) is 0.682. The summed E-state index contributed by atoms with van der Waals surface area (Å²) in [6, 6.07) is 6.70. The molecule has 0 unspecified atom stereocenters. The second-order valence-corrected chi connectivity index (χ2v) is 8.87. The van der Waals surface area contributed by atoms with Crippen molar-refractivity contribution in [1.82, 2.24) is 24.4 Å². The van der Waals surface area contributed by atoms with E-state index in [4.69, 9.17) is 0 Å². The van der Waals surface area contributed by atoms with Crippen LogP contribution >= 0.6 is 0 Å². The van der Waals surface area contributed by atoms with Gasteiger partial charge in [-0.15, -0.1) is 10.2 Å². The molecule has 4 heterocycles. The summed E-state index contributed by atoms with van der Waals surface area (Å²) in [7, 11) is 0. The zero-order chi connectivity index (χ0) is 19.6. The van der Waals surface area contributed by atoms with Crippen LogP contribution in [0.5, 0.6) is 0 Å². The highest BCUT2D eigenvalue weighted by molar-refractivity contribution is 5.80. The van der Waals surface area contributed by atoms with Gasteiger partial charge in [0.15, 0.2) is 5.65 Å². The highest BCUT2D eigenvalue weighted by Crippen LogP contribution is 2.26. The number of amides is 1. The van der Waals surface area contributed by atoms with Gasteiger partial charge in [0.25, 0.3) is 0 Å². The molecule has 7 nitrogen and oxygen atoms in total. The number of nitrogens with zero attached hydrogens (tertiary/aromatic N) is 6. The molecule has 0 radical (unpaired) electrons. The minimum absolute atomic E-state index is 0.0704. The molecule has 0 N–H and O–H groups in total. The summed E-state index contributed by atoms with van der Waals surface area (Å²) in [4.78, 5) is 20.3. The minimum atomic E-state index is 0.0704. The molecular weight excluding hydrogens is 364 g/mol. The monoisotopic (exact) mass is 396 g/mol. The van der Waals surface area contributed by atoms with Gasteiger partial charge in [-0.3, -0.25) is 14.1 Å². The van der Waals surface area contributed by atoms with Crippen LogP contribution in [0.15, 0.2) is 24.4 Å². The van der Waals surface area contributed by atoms with Crippen molar-refractivity contribution in [3.63, 3.8) is 0 Å². The predicted molar refractivity (Wildman–Crippen MR) is 113 cm³/mol. The van der Waals surface area contributed by atoms with Crippen LogP contribution in [-0.2, 0) is 4.79 Å². The summed E-state index contributed by atoms with van der Waals surface area (Å²) in [6.07, 6.45) is 10.8. The lowest BCUT2D eigenvalue weighted by molar-refractivity contribution is -0.138. The molecule has 2 aliphatic heterocycles. The zero-order valence-corrected chi connectivity index (χ0v) is 17.2. The fourth-order valence-corrected chi connectivity index (χ4v) is 5.42. The molecule has 5 rings (SSSR count). The summed E-state index contributed by atoms with van der Waals surface area (Å²) >= 11 is 0. The number of aromatic nitrogens is 3. The van der Waals surface area contributed by atoms with Crippen molar-refractivity contribution in [3.05, 3.63) is 24.4 Å². The maximum absolute atomic E-state index is 13.3. The number of anilines is 1. The van der Waals surface area contributed by atoms with Gasteiger partial charge >= 0.3 is 0 Å². The van der Waals surface area contributed by atoms with Crippen molar-refractivity contribution in [3.8, 4) is 0 Å². The standard InChI is InChI=1S/C22H32N6O/c29-21(26-15-13-25(14-16-26)19-8-2-1-3-9-19)18-7-6-11-27(17-18)22-24-23-20-10-4-5-12-28(20)22/h4-5,10,12,18-19H,1-3,6-9,11,13-17H2/t18-/m1/s1. The molecule has 2 aromatic heterocycles. The van der Waals surface area contributed by atoms with E-state index in [1.54, 1.807) is 0 Å². The van der Waals surface area contributed by atoms with Crippen molar-refractivity contribution >= 4 is 17.5 Å². The van der Waals surface area contributed by atoms with E-state index in [2.05, 4.69) is 24.9 Å². The Morgan fingerprint density at radius 3 is 2.55 bits per heavy atom. The molecule has 1 saturated carbocycles. The largest absolute Gasteiger partial charge is 0.340 e. The van der Waals surface area contributed by atoms with E-state index < -0.39 is 0 Å². The van der Waals surface area contributed by atoms with Crippen molar-refractivity contribution in [2.45, 2.75) is 51.0 Å². The van der Waals surface area contributed by atoms with Crippen molar-refractivity contribution in [2.75, 3.05) is 44.2 Å². The van der Waals surface area contributed by atoms with E-state index in [0.29, 0.717) is 5.91 Å². The fourth-order valence-electron chi connectivity index (χ4n) is 5.42. The Morgan fingerprint density at radius 2 is 1.72 bits per heavy atom. The second kappa shape index (κ2) is 8.30. The van der Waals surface area contributed by atoms with E-state index in [9.17, 15) is 4.79 Å². The van der Waals surface area contributed by atoms with Gasteiger partial charge in [0, 0.05) is 51.5 Å². The number of fused-ring (bicyclic) bond motifs is 1. The molecule has 3 fully saturated rings. The molecule has 7 heteroatoms. The van der Waals surface area contributed by atoms with Gasteiger partial charge in [0.05, 0.1) is 5.92 Å². The van der Waals surface area contributed by atoms with Crippen LogP contribution in [0.3, 0.4) is 0 Å². The van der Waals surface area contributed by atoms with E-state index in [1.165, 1.54) is 32.1 Å². The first-order chi connectivity index (χ1) is 14.3. The Morgan fingerprint density at radius 1 is 0.897 bits per heavy atom. The minimum Gasteiger partial charge on any atom is -0.340 e. The van der Waals surface area contributed by atoms with Crippen LogP contribution in [-0.4, -0.2) is 75.6 Å². The van der Waals surface area contributed by atoms with Gasteiger partial charge in [-0.2, -0.15) is 0 Å². The molecule has 2 aromatic rings. The van der Waals surface area contributed by atoms with E-state index in [1.807, 2.05) is 28.8 Å². The number of hydrogen-bond acceptors (Lipinski definition) is 5. The molecule has 3 aliphatic rings. The predicted octanol–water partition coefficient (Wildman–Crippen LogP) is 2.42. The average molecular weight is 397 g/mol. The van der Waals surface area contributed by atoms with Crippen LogP contribution in [0, 0.1) is 5.92 Å². The Hall–Kier alpha value is -2.15. The summed E-state index contributed by atoms with van der Waals surface area (Å²) in [5, 5.41) is 8.67. The first-order valence-corrected chi connectivity index (χ1v) is 11.4. The molecule has 1 aliphatic carbocycles. The Labute approximate surface area is 172 Å². The summed E-state index contributed by atoms with van der Waals surface area (Å²) < 4.78 is 2.02. The normalized spacial score (nSPS) is 24.9. The maximum atomic E-state index is 13.3. The van der Waals surface area contributed by atoms with Crippen LogP contribution in [0.4, 0.5) is 5.95 Å². The van der Waals surface area contributed by atoms with Crippen LogP contribution in [0.1, 0.15) is 44.9 Å². The smallest absolute Gasteiger partial charge is 0.231 e. The molecule has 0 spiro atoms. The van der Waals surface area contributed by atoms with Gasteiger partial charge in [-0.1, -0.05) is 25.3 Å². The van der Waals surface area contributed by atoms with Crippen LogP contribution in [0.25, 0.3) is 5.65 Å². The number of piperazine rings is 1. The first kappa shape index (κ1) is 18.9. The van der Waals surface area contributed by atoms with Gasteiger partial charge in [-0.05, 0) is 37.8 Å². The lowest BCUT2D eigenvalue weighted by Gasteiger charge is -2.42. The first-order valence-electron chi connectivity index (χ1n) is 11.4. The zero-order valence-electron chi connectivity index (χ0n) is 17.2. The van der Waals surface area contributed by atoms with E-state index in [-0.39, 0.29) is 5.92 Å². The molecular formula is C22H32N6O. The van der Waals surface area contributed by atoms with Crippen LogP contribution < -0.4 is 4.90 Å². The average Bonchev–Trinajstić information content (AvgIpc) is 3.24. The number of piperidine rings is 1. The summed E-state index contributed by atoms with van der Waals surface area (Å²) in [5.74, 6) is 1.27. The van der Waals surface area contributed by atoms with Gasteiger partial charge < -0.3 is 9.80 Å². The van der Waals surface area contributed by atoms with Gasteiger partial charge in [0.2, 0.25) is 11.9 Å². The van der Waals surface area contributed by atoms with Crippen molar-refractivity contribution in [2.24, 2.45) is 5.92 Å². The number of carbonyl (C=O) groups excluding carboxylic acids is 1. The second-order valence-electron chi connectivity index (χ2n) is 8.87. The van der Waals surface area contributed by atoms with Gasteiger partial charge in [-0.25, -0.2) is 0 Å². The third-order valence-electron chi connectivity index (χ3n) is 7.07. The van der Waals surface area contributed by atoms with Crippen molar-refractivity contribution < 1.29 is 4.79 Å². The topological polar surface area (TPSA) is 57.0 Å². The number of carbonyl (C=O) groups is 1. The van der Waals surface area contributed by atoms with E-state index >= 15 is 0 Å². The summed E-state index contributed by atoms with van der Waals surface area (Å²) in [5.41, 5.74) is 0.856. The third-order valence-corrected chi connectivity index (χ3v) is 7.07. The van der Waals surface area contributed by atoms with Crippen molar-refractivity contribution in [1.29, 1.82) is 0 Å². The van der Waals surface area contributed by atoms with E-state index in [0.717, 1.165) is 69.7 Å². The highest BCUT2D eigenvalue weighted by atomic mass is 16.2. The number of pyridine rings is 1. The van der Waals surface area contributed by atoms with Gasteiger partial charge in [0.1, 0.15) is 0 Å². The quantitative estimate of drug-likeness (QED) is 0.798. The SMILES string of the molecule is O=C([C@@H]1CCCN(c2nnc3ccccn23)C1)N1CCN(C2CCCCC2)CC1. The molecule has 0 bridgehead atoms. The number of hydrogen-bond donors (Lipinski definition) is 0. The molecule has 156 valence electrons. The molecule has 29 heavy (non-hydrogen) atoms. The third kappa shape index (κ3) is 3.84. The lowest BCUT2D eigenvalue weighted by Crippen LogP contribution is -2.55. The molecule has 1 atom stereocenters. The number of rotatable bonds is 3. The molecule has 1 amide bonds. The highest BCUT2D eigenvalue weighted by Gasteiger charge is 2.33. The Kier molecular flexibility index (Phi) is 5.40. The Balaban J connectivity index is 1.20. The molecule has 0 aromatic carbocycles. The Bertz CT molecular complexity index is 837. The lowest BCUT2D eigenvalue weighted by atomic mass is 9.93. The molecule has 2 saturated heterocycles. The maximum Gasteiger partial charge on any atom is 0.231 e. The summed E-state index contributed by atoms with van der Waals surface area (Å²) in [6.45, 7) is 5.55.